The summed E-state index contributed by atoms with van der Waals surface area (Å²) in [7, 11) is 1.64. The van der Waals surface area contributed by atoms with E-state index in [2.05, 4.69) is 16.0 Å². The maximum Gasteiger partial charge on any atom is 0.175 e. The van der Waals surface area contributed by atoms with E-state index < -0.39 is 0 Å². The number of thiocarbonyl (C=S) groups is 1. The third-order valence-corrected chi connectivity index (χ3v) is 3.83. The summed E-state index contributed by atoms with van der Waals surface area (Å²) in [5.41, 5.74) is 3.50. The van der Waals surface area contributed by atoms with Crippen molar-refractivity contribution in [2.75, 3.05) is 23.1 Å². The molecule has 0 radical (unpaired) electrons. The summed E-state index contributed by atoms with van der Waals surface area (Å²) in [6, 6.07) is 21.5. The zero-order valence-electron chi connectivity index (χ0n) is 14.1. The Morgan fingerprint density at radius 2 is 1.15 bits per heavy atom. The average molecular weight is 367 g/mol. The fourth-order valence-electron chi connectivity index (χ4n) is 2.30. The second kappa shape index (κ2) is 8.31. The van der Waals surface area contributed by atoms with Crippen LogP contribution in [0.1, 0.15) is 0 Å². The molecule has 0 saturated carbocycles. The van der Waals surface area contributed by atoms with Crippen LogP contribution in [-0.2, 0) is 0 Å². The Kier molecular flexibility index (Phi) is 5.66. The van der Waals surface area contributed by atoms with Crippen molar-refractivity contribution in [2.45, 2.75) is 0 Å². The average Bonchev–Trinajstić information content (AvgIpc) is 2.66. The Balaban J connectivity index is 1.56. The van der Waals surface area contributed by atoms with Gasteiger partial charge in [0.05, 0.1) is 7.11 Å². The van der Waals surface area contributed by atoms with Crippen molar-refractivity contribution >= 4 is 40.1 Å². The van der Waals surface area contributed by atoms with Gasteiger partial charge in [-0.25, -0.2) is 4.39 Å². The number of hydrogen-bond donors (Lipinski definition) is 3. The molecule has 3 N–H and O–H groups in total. The second-order valence-corrected chi connectivity index (χ2v) is 5.93. The van der Waals surface area contributed by atoms with Crippen molar-refractivity contribution in [3.8, 4) is 5.75 Å². The molecule has 0 heterocycles. The van der Waals surface area contributed by atoms with E-state index in [9.17, 15) is 4.39 Å². The number of halogens is 1. The molecule has 0 saturated heterocycles. The van der Waals surface area contributed by atoms with Crippen LogP contribution in [0.5, 0.6) is 5.75 Å². The molecule has 0 amide bonds. The van der Waals surface area contributed by atoms with Gasteiger partial charge >= 0.3 is 0 Å². The second-order valence-electron chi connectivity index (χ2n) is 5.52. The molecule has 0 aliphatic carbocycles. The summed E-state index contributed by atoms with van der Waals surface area (Å²) in [5, 5.41) is 9.85. The quantitative estimate of drug-likeness (QED) is 0.528. The van der Waals surface area contributed by atoms with Crippen molar-refractivity contribution in [1.82, 2.24) is 0 Å². The molecule has 3 aromatic rings. The van der Waals surface area contributed by atoms with E-state index >= 15 is 0 Å². The van der Waals surface area contributed by atoms with Gasteiger partial charge in [0, 0.05) is 22.7 Å². The van der Waals surface area contributed by atoms with Crippen LogP contribution in [0.4, 0.5) is 27.1 Å². The lowest BCUT2D eigenvalue weighted by Gasteiger charge is -2.12. The molecule has 26 heavy (non-hydrogen) atoms. The Hall–Kier alpha value is -3.12. The lowest BCUT2D eigenvalue weighted by atomic mass is 10.2. The first kappa shape index (κ1) is 17.7. The predicted molar refractivity (Wildman–Crippen MR) is 109 cm³/mol. The lowest BCUT2D eigenvalue weighted by molar-refractivity contribution is 0.415. The van der Waals surface area contributed by atoms with Crippen LogP contribution in [0.15, 0.2) is 72.8 Å². The highest BCUT2D eigenvalue weighted by atomic mass is 32.1. The Labute approximate surface area is 157 Å². The standard InChI is InChI=1S/C20H18FN3OS/c1-25-19-12-10-16(11-13-19)22-15-6-8-18(9-7-15)24-20(26)23-17-4-2-14(21)3-5-17/h2-13,22H,1H3,(H2,23,24,26). The number of methoxy groups -OCH3 is 1. The summed E-state index contributed by atoms with van der Waals surface area (Å²) in [4.78, 5) is 0. The van der Waals surface area contributed by atoms with E-state index in [1.807, 2.05) is 48.5 Å². The van der Waals surface area contributed by atoms with E-state index in [1.165, 1.54) is 12.1 Å². The number of ether oxygens (including phenoxy) is 1. The van der Waals surface area contributed by atoms with Crippen LogP contribution < -0.4 is 20.7 Å². The summed E-state index contributed by atoms with van der Waals surface area (Å²) < 4.78 is 18.1. The van der Waals surface area contributed by atoms with Crippen LogP contribution in [0.3, 0.4) is 0 Å². The summed E-state index contributed by atoms with van der Waals surface area (Å²) >= 11 is 5.27. The van der Waals surface area contributed by atoms with Crippen molar-refractivity contribution in [1.29, 1.82) is 0 Å². The number of anilines is 4. The SMILES string of the molecule is COc1ccc(Nc2ccc(NC(=S)Nc3ccc(F)cc3)cc2)cc1. The molecular weight excluding hydrogens is 349 g/mol. The number of hydrogen-bond acceptors (Lipinski definition) is 3. The fourth-order valence-corrected chi connectivity index (χ4v) is 2.54. The summed E-state index contributed by atoms with van der Waals surface area (Å²) in [5.74, 6) is 0.534. The zero-order valence-corrected chi connectivity index (χ0v) is 14.9. The molecule has 0 spiro atoms. The first-order valence-corrected chi connectivity index (χ1v) is 8.38. The predicted octanol–water partition coefficient (Wildman–Crippen LogP) is 5.39. The maximum atomic E-state index is 12.9. The third kappa shape index (κ3) is 4.94. The molecule has 3 rings (SSSR count). The highest BCUT2D eigenvalue weighted by molar-refractivity contribution is 7.80. The van der Waals surface area contributed by atoms with Crippen LogP contribution in [-0.4, -0.2) is 12.2 Å². The van der Waals surface area contributed by atoms with Gasteiger partial charge in [-0.05, 0) is 85.0 Å². The summed E-state index contributed by atoms with van der Waals surface area (Å²) in [6.45, 7) is 0. The molecule has 3 aromatic carbocycles. The largest absolute Gasteiger partial charge is 0.497 e. The van der Waals surface area contributed by atoms with E-state index in [1.54, 1.807) is 19.2 Å². The molecule has 0 unspecified atom stereocenters. The Bertz CT molecular complexity index is 865. The molecule has 0 fully saturated rings. The number of nitrogens with one attached hydrogen (secondary N) is 3. The van der Waals surface area contributed by atoms with Crippen molar-refractivity contribution in [3.05, 3.63) is 78.6 Å². The van der Waals surface area contributed by atoms with Crippen LogP contribution in [0, 0.1) is 5.82 Å². The van der Waals surface area contributed by atoms with Gasteiger partial charge in [-0.15, -0.1) is 0 Å². The normalized spacial score (nSPS) is 10.1. The van der Waals surface area contributed by atoms with E-state index in [-0.39, 0.29) is 5.82 Å². The van der Waals surface area contributed by atoms with Crippen molar-refractivity contribution in [3.63, 3.8) is 0 Å². The molecular formula is C20H18FN3OS. The van der Waals surface area contributed by atoms with Gasteiger partial charge in [0.25, 0.3) is 0 Å². The number of rotatable bonds is 5. The minimum absolute atomic E-state index is 0.283. The fraction of sp³-hybridized carbons (Fsp3) is 0.0500. The minimum atomic E-state index is -0.283. The number of benzene rings is 3. The van der Waals surface area contributed by atoms with E-state index in [4.69, 9.17) is 17.0 Å². The molecule has 4 nitrogen and oxygen atoms in total. The van der Waals surface area contributed by atoms with Crippen molar-refractivity contribution < 1.29 is 9.13 Å². The van der Waals surface area contributed by atoms with Crippen LogP contribution >= 0.6 is 12.2 Å². The highest BCUT2D eigenvalue weighted by Gasteiger charge is 2.01. The molecule has 0 atom stereocenters. The van der Waals surface area contributed by atoms with Crippen LogP contribution in [0.2, 0.25) is 0 Å². The van der Waals surface area contributed by atoms with Crippen LogP contribution in [0.25, 0.3) is 0 Å². The van der Waals surface area contributed by atoms with Gasteiger partial charge < -0.3 is 20.7 Å². The van der Waals surface area contributed by atoms with Gasteiger partial charge in [0.1, 0.15) is 11.6 Å². The molecule has 6 heteroatoms. The van der Waals surface area contributed by atoms with E-state index in [0.717, 1.165) is 28.5 Å². The topological polar surface area (TPSA) is 45.3 Å². The lowest BCUT2D eigenvalue weighted by Crippen LogP contribution is -2.18. The van der Waals surface area contributed by atoms with Gasteiger partial charge in [-0.1, -0.05) is 0 Å². The highest BCUT2D eigenvalue weighted by Crippen LogP contribution is 2.21. The maximum absolute atomic E-state index is 12.9. The molecule has 132 valence electrons. The first-order valence-electron chi connectivity index (χ1n) is 7.97. The smallest absolute Gasteiger partial charge is 0.175 e. The van der Waals surface area contributed by atoms with E-state index in [0.29, 0.717) is 5.11 Å². The Morgan fingerprint density at radius 1 is 0.731 bits per heavy atom. The molecule has 0 aromatic heterocycles. The minimum Gasteiger partial charge on any atom is -0.497 e. The van der Waals surface area contributed by atoms with Crippen molar-refractivity contribution in [2.24, 2.45) is 0 Å². The van der Waals surface area contributed by atoms with Gasteiger partial charge in [-0.2, -0.15) is 0 Å². The zero-order chi connectivity index (χ0) is 18.4. The Morgan fingerprint density at radius 3 is 1.65 bits per heavy atom. The monoisotopic (exact) mass is 367 g/mol. The van der Waals surface area contributed by atoms with Gasteiger partial charge in [0.15, 0.2) is 5.11 Å². The van der Waals surface area contributed by atoms with Gasteiger partial charge in [0.2, 0.25) is 0 Å². The first-order chi connectivity index (χ1) is 12.6. The molecule has 0 bridgehead atoms. The molecule has 0 aliphatic heterocycles. The summed E-state index contributed by atoms with van der Waals surface area (Å²) in [6.07, 6.45) is 0. The third-order valence-electron chi connectivity index (χ3n) is 3.62. The van der Waals surface area contributed by atoms with Gasteiger partial charge in [-0.3, -0.25) is 0 Å². The molecule has 0 aliphatic rings.